The minimum Gasteiger partial charge on any atom is -0.487 e. The summed E-state index contributed by atoms with van der Waals surface area (Å²) in [5, 5.41) is 28.6. The monoisotopic (exact) mass is 422 g/mol. The van der Waals surface area contributed by atoms with Gasteiger partial charge in [0.25, 0.3) is 0 Å². The molecule has 9 nitrogen and oxygen atoms in total. The maximum Gasteiger partial charge on any atom is 0.332 e. The van der Waals surface area contributed by atoms with Gasteiger partial charge in [0.2, 0.25) is 5.91 Å². The van der Waals surface area contributed by atoms with E-state index in [1.54, 1.807) is 10.9 Å². The lowest BCUT2D eigenvalue weighted by Crippen LogP contribution is -2.43. The molecule has 2 fully saturated rings. The van der Waals surface area contributed by atoms with Crippen molar-refractivity contribution in [2.45, 2.75) is 38.0 Å². The Balaban J connectivity index is 1.26. The zero-order valence-electron chi connectivity index (χ0n) is 15.8. The van der Waals surface area contributed by atoms with E-state index in [1.165, 1.54) is 0 Å². The van der Waals surface area contributed by atoms with Crippen LogP contribution in [-0.4, -0.2) is 49.7 Å². The van der Waals surface area contributed by atoms with E-state index in [2.05, 4.69) is 15.6 Å². The molecule has 2 aliphatic carbocycles. The number of ether oxygens (including phenoxy) is 1. The van der Waals surface area contributed by atoms with Crippen molar-refractivity contribution < 1.29 is 33.3 Å². The molecule has 2 saturated carbocycles. The lowest BCUT2D eigenvalue weighted by Gasteiger charge is -2.33. The number of halogens is 2. The first kappa shape index (κ1) is 20.2. The van der Waals surface area contributed by atoms with Crippen LogP contribution in [0.15, 0.2) is 24.4 Å². The number of aromatic nitrogens is 3. The molecule has 3 N–H and O–H groups in total. The quantitative estimate of drug-likeness (QED) is 0.551. The van der Waals surface area contributed by atoms with Crippen LogP contribution in [0.4, 0.5) is 8.78 Å². The molecule has 2 aliphatic rings. The van der Waals surface area contributed by atoms with Gasteiger partial charge in [0, 0.05) is 31.2 Å². The number of aliphatic hydroxyl groups excluding tert-OH is 1. The fourth-order valence-electron chi connectivity index (χ4n) is 3.99. The number of nitrogens with one attached hydrogen (secondary N) is 1. The topological polar surface area (TPSA) is 127 Å². The number of hydrogen-bond donors (Lipinski definition) is 3. The second kappa shape index (κ2) is 7.63. The summed E-state index contributed by atoms with van der Waals surface area (Å²) in [6.07, 6.45) is 1.44. The van der Waals surface area contributed by atoms with Gasteiger partial charge in [-0.2, -0.15) is 0 Å². The van der Waals surface area contributed by atoms with Crippen LogP contribution in [0.1, 0.15) is 31.0 Å². The Bertz CT molecular complexity index is 963. The van der Waals surface area contributed by atoms with Gasteiger partial charge < -0.3 is 20.3 Å². The van der Waals surface area contributed by atoms with Crippen molar-refractivity contribution in [2.24, 2.45) is 11.3 Å². The number of hydrogen-bond acceptors (Lipinski definition) is 6. The molecule has 0 spiro atoms. The summed E-state index contributed by atoms with van der Waals surface area (Å²) < 4.78 is 33.4. The van der Waals surface area contributed by atoms with Crippen LogP contribution < -0.4 is 10.1 Å². The van der Waals surface area contributed by atoms with Crippen LogP contribution >= 0.6 is 0 Å². The number of carbonyl (C=O) groups is 2. The molecule has 4 rings (SSSR count). The van der Waals surface area contributed by atoms with Crippen LogP contribution in [0.2, 0.25) is 0 Å². The third-order valence-electron chi connectivity index (χ3n) is 5.73. The number of aliphatic hydroxyl groups is 1. The average Bonchev–Trinajstić information content (AvgIpc) is 3.03. The molecule has 30 heavy (non-hydrogen) atoms. The standard InChI is InChI=1S/C19H20F2N4O5/c20-10-3-11(21)5-13(4-10)30-9-12-8-25(24-23-12)15-7-19(6-14(15)19)18(29)22-2-1-16(26)17(27)28/h3-5,8,14-16,26H,1-2,6-7,9H2,(H,22,29)(H,27,28)/t14-,15+,16-,19-/m0/s1. The minimum atomic E-state index is -1.49. The highest BCUT2D eigenvalue weighted by Gasteiger charge is 2.72. The summed E-state index contributed by atoms with van der Waals surface area (Å²) in [5.41, 5.74) is 0.0329. The van der Waals surface area contributed by atoms with Crippen LogP contribution in [0, 0.1) is 23.0 Å². The van der Waals surface area contributed by atoms with Crippen molar-refractivity contribution >= 4 is 11.9 Å². The predicted octanol–water partition coefficient (Wildman–Crippen LogP) is 1.04. The second-order valence-electron chi connectivity index (χ2n) is 7.72. The molecular weight excluding hydrogens is 402 g/mol. The smallest absolute Gasteiger partial charge is 0.332 e. The fourth-order valence-corrected chi connectivity index (χ4v) is 3.99. The molecule has 1 amide bonds. The third-order valence-corrected chi connectivity index (χ3v) is 5.73. The number of amides is 1. The van der Waals surface area contributed by atoms with E-state index in [9.17, 15) is 23.5 Å². The zero-order chi connectivity index (χ0) is 21.5. The molecule has 0 aliphatic heterocycles. The lowest BCUT2D eigenvalue weighted by molar-refractivity contribution is -0.147. The zero-order valence-corrected chi connectivity index (χ0v) is 15.8. The summed E-state index contributed by atoms with van der Waals surface area (Å²) >= 11 is 0. The summed E-state index contributed by atoms with van der Waals surface area (Å²) in [7, 11) is 0. The first-order valence-corrected chi connectivity index (χ1v) is 9.47. The van der Waals surface area contributed by atoms with Gasteiger partial charge in [0.05, 0.1) is 17.7 Å². The molecule has 0 radical (unpaired) electrons. The number of carbonyl (C=O) groups excluding carboxylic acids is 1. The van der Waals surface area contributed by atoms with E-state index in [1.807, 2.05) is 0 Å². The van der Waals surface area contributed by atoms with E-state index in [-0.39, 0.29) is 43.2 Å². The highest BCUT2D eigenvalue weighted by Crippen LogP contribution is 2.72. The van der Waals surface area contributed by atoms with E-state index >= 15 is 0 Å². The molecule has 0 bridgehead atoms. The van der Waals surface area contributed by atoms with Crippen molar-refractivity contribution in [3.63, 3.8) is 0 Å². The Morgan fingerprint density at radius 2 is 2.03 bits per heavy atom. The van der Waals surface area contributed by atoms with Gasteiger partial charge in [0.15, 0.2) is 6.10 Å². The molecule has 1 aromatic carbocycles. The Morgan fingerprint density at radius 1 is 1.30 bits per heavy atom. The molecule has 1 aromatic heterocycles. The number of fused-ring (bicyclic) bond motifs is 1. The molecule has 160 valence electrons. The van der Waals surface area contributed by atoms with E-state index < -0.39 is 29.1 Å². The Labute approximate surface area is 169 Å². The fraction of sp³-hybridized carbons (Fsp3) is 0.474. The van der Waals surface area contributed by atoms with Crippen molar-refractivity contribution in [1.29, 1.82) is 0 Å². The maximum atomic E-state index is 13.2. The molecule has 0 saturated heterocycles. The van der Waals surface area contributed by atoms with Crippen molar-refractivity contribution in [3.8, 4) is 5.75 Å². The van der Waals surface area contributed by atoms with Gasteiger partial charge in [-0.3, -0.25) is 4.79 Å². The van der Waals surface area contributed by atoms with Gasteiger partial charge in [-0.1, -0.05) is 5.21 Å². The number of carboxylic acids is 1. The molecular formula is C19H20F2N4O5. The summed E-state index contributed by atoms with van der Waals surface area (Å²) in [6.45, 7) is 0.0920. The Morgan fingerprint density at radius 3 is 2.70 bits per heavy atom. The van der Waals surface area contributed by atoms with Crippen molar-refractivity contribution in [3.05, 3.63) is 41.7 Å². The molecule has 4 atom stereocenters. The van der Waals surface area contributed by atoms with Gasteiger partial charge in [-0.25, -0.2) is 18.3 Å². The Hall–Kier alpha value is -3.08. The normalized spacial score (nSPS) is 25.0. The second-order valence-corrected chi connectivity index (χ2v) is 7.72. The van der Waals surface area contributed by atoms with E-state index in [4.69, 9.17) is 9.84 Å². The number of carboxylic acid groups (broad SMARTS) is 1. The molecule has 1 heterocycles. The van der Waals surface area contributed by atoms with Crippen LogP contribution in [0.3, 0.4) is 0 Å². The van der Waals surface area contributed by atoms with Crippen molar-refractivity contribution in [2.75, 3.05) is 6.54 Å². The molecule has 11 heteroatoms. The lowest BCUT2D eigenvalue weighted by atomic mass is 9.79. The highest BCUT2D eigenvalue weighted by molar-refractivity contribution is 5.87. The number of nitrogens with zero attached hydrogens (tertiary/aromatic N) is 3. The van der Waals surface area contributed by atoms with Crippen LogP contribution in [0.5, 0.6) is 5.75 Å². The Kier molecular flexibility index (Phi) is 5.14. The van der Waals surface area contributed by atoms with Crippen LogP contribution in [-0.2, 0) is 16.2 Å². The van der Waals surface area contributed by atoms with E-state index in [0.717, 1.165) is 18.2 Å². The maximum absolute atomic E-state index is 13.2. The van der Waals surface area contributed by atoms with Gasteiger partial charge in [-0.15, -0.1) is 5.10 Å². The summed E-state index contributed by atoms with van der Waals surface area (Å²) in [6, 6.07) is 2.93. The van der Waals surface area contributed by atoms with E-state index in [0.29, 0.717) is 18.5 Å². The van der Waals surface area contributed by atoms with Gasteiger partial charge in [-0.05, 0) is 18.8 Å². The number of rotatable bonds is 9. The number of aliphatic carboxylic acids is 1. The highest BCUT2D eigenvalue weighted by atomic mass is 19.1. The number of benzene rings is 1. The third kappa shape index (κ3) is 3.84. The SMILES string of the molecule is O=C(O)[C@@H](O)CCNC(=O)[C@@]12C[C@@H](n3cc(COc4cc(F)cc(F)c4)nn3)[C@@H]1C2. The summed E-state index contributed by atoms with van der Waals surface area (Å²) in [4.78, 5) is 23.0. The summed E-state index contributed by atoms with van der Waals surface area (Å²) in [5.74, 6) is -2.75. The minimum absolute atomic E-state index is 0.00217. The predicted molar refractivity (Wildman–Crippen MR) is 96.2 cm³/mol. The largest absolute Gasteiger partial charge is 0.487 e. The van der Waals surface area contributed by atoms with Crippen molar-refractivity contribution in [1.82, 2.24) is 20.3 Å². The van der Waals surface area contributed by atoms with Crippen LogP contribution in [0.25, 0.3) is 0 Å². The van der Waals surface area contributed by atoms with Gasteiger partial charge in [0.1, 0.15) is 29.7 Å². The first-order chi connectivity index (χ1) is 14.3. The first-order valence-electron chi connectivity index (χ1n) is 9.47. The average molecular weight is 422 g/mol. The molecule has 2 aromatic rings. The van der Waals surface area contributed by atoms with Gasteiger partial charge >= 0.3 is 5.97 Å². The molecule has 0 unspecified atom stereocenters.